The molecule has 4 nitrogen and oxygen atoms in total. The number of benzene rings is 2. The molecule has 0 radical (unpaired) electrons. The molecule has 0 aliphatic rings. The number of halogens is 1. The van der Waals surface area contributed by atoms with Gasteiger partial charge in [-0.1, -0.05) is 30.4 Å². The third-order valence-electron chi connectivity index (χ3n) is 3.38. The first kappa shape index (κ1) is 17.2. The number of methoxy groups -OCH3 is 4. The second-order valence-electron chi connectivity index (χ2n) is 4.62. The minimum Gasteiger partial charge on any atom is -0.496 e. The van der Waals surface area contributed by atoms with E-state index in [4.69, 9.17) is 18.9 Å². The highest BCUT2D eigenvalue weighted by atomic mass is 79.9. The minimum absolute atomic E-state index is 0.552. The Balaban J connectivity index is 2.49. The molecule has 0 aliphatic carbocycles. The average Bonchev–Trinajstić information content (AvgIpc) is 2.60. The van der Waals surface area contributed by atoms with Crippen LogP contribution in [0.15, 0.2) is 34.8 Å². The summed E-state index contributed by atoms with van der Waals surface area (Å²) in [5.74, 6) is 2.56. The van der Waals surface area contributed by atoms with Gasteiger partial charge in [0.2, 0.25) is 5.75 Å². The molecule has 0 N–H and O–H groups in total. The van der Waals surface area contributed by atoms with Crippen LogP contribution in [0.1, 0.15) is 11.1 Å². The lowest BCUT2D eigenvalue weighted by molar-refractivity contribution is 0.323. The van der Waals surface area contributed by atoms with Crippen molar-refractivity contribution >= 4 is 28.1 Å². The molecule has 0 fully saturated rings. The van der Waals surface area contributed by atoms with E-state index in [1.54, 1.807) is 28.4 Å². The molecule has 2 rings (SSSR count). The van der Waals surface area contributed by atoms with Gasteiger partial charge in [0.1, 0.15) is 5.75 Å². The van der Waals surface area contributed by atoms with E-state index in [1.165, 1.54) is 0 Å². The summed E-state index contributed by atoms with van der Waals surface area (Å²) in [7, 11) is 6.42. The van der Waals surface area contributed by atoms with Crippen LogP contribution >= 0.6 is 15.9 Å². The van der Waals surface area contributed by atoms with Crippen LogP contribution in [0, 0.1) is 0 Å². The molecule has 5 heteroatoms. The molecule has 2 aromatic rings. The van der Waals surface area contributed by atoms with Crippen molar-refractivity contribution in [2.45, 2.75) is 0 Å². The van der Waals surface area contributed by atoms with Gasteiger partial charge in [0.15, 0.2) is 11.5 Å². The van der Waals surface area contributed by atoms with E-state index in [0.29, 0.717) is 17.2 Å². The lowest BCUT2D eigenvalue weighted by Gasteiger charge is -2.15. The van der Waals surface area contributed by atoms with Crippen LogP contribution in [0.4, 0.5) is 0 Å². The third-order valence-corrected chi connectivity index (χ3v) is 4.20. The zero-order valence-corrected chi connectivity index (χ0v) is 15.1. The fourth-order valence-electron chi connectivity index (χ4n) is 2.24. The summed E-state index contributed by atoms with van der Waals surface area (Å²) in [6.45, 7) is 0. The van der Waals surface area contributed by atoms with Crippen LogP contribution in [-0.4, -0.2) is 28.4 Å². The highest BCUT2D eigenvalue weighted by Gasteiger charge is 2.17. The Morgan fingerprint density at radius 2 is 1.35 bits per heavy atom. The number of rotatable bonds is 6. The SMILES string of the molecule is COc1ccccc1/C=C\c1cc(OC)c(OC)c(OC)c1Br. The van der Waals surface area contributed by atoms with Crippen LogP contribution in [-0.2, 0) is 0 Å². The average molecular weight is 379 g/mol. The second-order valence-corrected chi connectivity index (χ2v) is 5.42. The standard InChI is InChI=1S/C18H19BrO4/c1-20-14-8-6-5-7-12(14)9-10-13-11-15(21-2)17(22-3)18(23-4)16(13)19/h5-11H,1-4H3/b10-9-. The molecule has 2 aromatic carbocycles. The molecule has 0 unspecified atom stereocenters. The van der Waals surface area contributed by atoms with Gasteiger partial charge >= 0.3 is 0 Å². The van der Waals surface area contributed by atoms with Crippen molar-refractivity contribution in [1.82, 2.24) is 0 Å². The summed E-state index contributed by atoms with van der Waals surface area (Å²) >= 11 is 3.56. The highest BCUT2D eigenvalue weighted by molar-refractivity contribution is 9.10. The van der Waals surface area contributed by atoms with E-state index in [0.717, 1.165) is 21.3 Å². The van der Waals surface area contributed by atoms with Crippen molar-refractivity contribution in [2.75, 3.05) is 28.4 Å². The van der Waals surface area contributed by atoms with E-state index >= 15 is 0 Å². The van der Waals surface area contributed by atoms with Gasteiger partial charge in [-0.05, 0) is 33.6 Å². The molecule has 0 aliphatic heterocycles. The maximum absolute atomic E-state index is 5.44. The summed E-state index contributed by atoms with van der Waals surface area (Å²) in [4.78, 5) is 0. The van der Waals surface area contributed by atoms with Crippen LogP contribution in [0.5, 0.6) is 23.0 Å². The smallest absolute Gasteiger partial charge is 0.204 e. The van der Waals surface area contributed by atoms with Crippen molar-refractivity contribution in [3.63, 3.8) is 0 Å². The second kappa shape index (κ2) is 7.92. The molecule has 23 heavy (non-hydrogen) atoms. The predicted octanol–water partition coefficient (Wildman–Crippen LogP) is 4.65. The first-order chi connectivity index (χ1) is 11.2. The Morgan fingerprint density at radius 1 is 0.739 bits per heavy atom. The molecule has 122 valence electrons. The molecular formula is C18H19BrO4. The van der Waals surface area contributed by atoms with E-state index in [1.807, 2.05) is 42.5 Å². The van der Waals surface area contributed by atoms with Gasteiger partial charge in [0, 0.05) is 5.56 Å². The van der Waals surface area contributed by atoms with Gasteiger partial charge in [-0.2, -0.15) is 0 Å². The summed E-state index contributed by atoms with van der Waals surface area (Å²) in [5.41, 5.74) is 1.89. The van der Waals surface area contributed by atoms with E-state index in [2.05, 4.69) is 15.9 Å². The van der Waals surface area contributed by atoms with Gasteiger partial charge in [0.25, 0.3) is 0 Å². The third kappa shape index (κ3) is 3.62. The zero-order chi connectivity index (χ0) is 16.8. The van der Waals surface area contributed by atoms with Crippen LogP contribution < -0.4 is 18.9 Å². The summed E-state index contributed by atoms with van der Waals surface area (Å²) in [5, 5.41) is 0. The molecule has 0 amide bonds. The van der Waals surface area contributed by atoms with Gasteiger partial charge in [-0.3, -0.25) is 0 Å². The van der Waals surface area contributed by atoms with Gasteiger partial charge in [-0.15, -0.1) is 0 Å². The maximum Gasteiger partial charge on any atom is 0.204 e. The molecule has 0 spiro atoms. The van der Waals surface area contributed by atoms with Gasteiger partial charge in [0.05, 0.1) is 32.9 Å². The molecule has 0 saturated heterocycles. The first-order valence-corrected chi connectivity index (χ1v) is 7.75. The highest BCUT2D eigenvalue weighted by Crippen LogP contribution is 2.45. The van der Waals surface area contributed by atoms with Crippen molar-refractivity contribution in [3.8, 4) is 23.0 Å². The fourth-order valence-corrected chi connectivity index (χ4v) is 2.83. The van der Waals surface area contributed by atoms with Crippen molar-refractivity contribution in [1.29, 1.82) is 0 Å². The number of hydrogen-bond acceptors (Lipinski definition) is 4. The largest absolute Gasteiger partial charge is 0.496 e. The number of para-hydroxylation sites is 1. The Kier molecular flexibility index (Phi) is 5.93. The summed E-state index contributed by atoms with van der Waals surface area (Å²) in [6, 6.07) is 9.69. The Bertz CT molecular complexity index is 710. The monoisotopic (exact) mass is 378 g/mol. The normalized spacial score (nSPS) is 10.7. The minimum atomic E-state index is 0.552. The quantitative estimate of drug-likeness (QED) is 0.685. The molecular weight excluding hydrogens is 360 g/mol. The van der Waals surface area contributed by atoms with Crippen LogP contribution in [0.25, 0.3) is 12.2 Å². The van der Waals surface area contributed by atoms with Crippen molar-refractivity contribution in [3.05, 3.63) is 45.9 Å². The Hall–Kier alpha value is -2.14. The molecule has 0 atom stereocenters. The van der Waals surface area contributed by atoms with Crippen LogP contribution in [0.3, 0.4) is 0 Å². The van der Waals surface area contributed by atoms with Crippen molar-refractivity contribution in [2.24, 2.45) is 0 Å². The first-order valence-electron chi connectivity index (χ1n) is 6.95. The lowest BCUT2D eigenvalue weighted by Crippen LogP contribution is -1.97. The fraction of sp³-hybridized carbons (Fsp3) is 0.222. The number of ether oxygens (including phenoxy) is 4. The van der Waals surface area contributed by atoms with E-state index in [-0.39, 0.29) is 0 Å². The van der Waals surface area contributed by atoms with Gasteiger partial charge in [-0.25, -0.2) is 0 Å². The molecule has 0 saturated carbocycles. The van der Waals surface area contributed by atoms with E-state index < -0.39 is 0 Å². The summed E-state index contributed by atoms with van der Waals surface area (Å²) in [6.07, 6.45) is 3.94. The van der Waals surface area contributed by atoms with Gasteiger partial charge < -0.3 is 18.9 Å². The Labute approximate surface area is 144 Å². The number of hydrogen-bond donors (Lipinski definition) is 0. The van der Waals surface area contributed by atoms with Crippen LogP contribution in [0.2, 0.25) is 0 Å². The predicted molar refractivity (Wildman–Crippen MR) is 95.7 cm³/mol. The van der Waals surface area contributed by atoms with E-state index in [9.17, 15) is 0 Å². The Morgan fingerprint density at radius 3 is 1.96 bits per heavy atom. The summed E-state index contributed by atoms with van der Waals surface area (Å²) < 4.78 is 22.3. The molecule has 0 heterocycles. The van der Waals surface area contributed by atoms with Crippen molar-refractivity contribution < 1.29 is 18.9 Å². The maximum atomic E-state index is 5.44. The molecule has 0 bridgehead atoms. The molecule has 0 aromatic heterocycles. The zero-order valence-electron chi connectivity index (χ0n) is 13.6. The topological polar surface area (TPSA) is 36.9 Å². The lowest BCUT2D eigenvalue weighted by atomic mass is 10.1.